The first-order chi connectivity index (χ1) is 20.9. The van der Waals surface area contributed by atoms with Crippen LogP contribution in [0.25, 0.3) is 0 Å². The van der Waals surface area contributed by atoms with E-state index in [2.05, 4.69) is 79.9 Å². The Morgan fingerprint density at radius 3 is 1.60 bits per heavy atom. The zero-order valence-corrected chi connectivity index (χ0v) is 32.7. The van der Waals surface area contributed by atoms with Gasteiger partial charge in [0.05, 0.1) is 18.8 Å². The standard InChI is InChI=1S/C37H59O5PSi2/c1-36(2,3)44(8,9)41-34-27-30(24-26-43(38,31-19-14-12-15-20-31)32-21-16-13-17-22-32)28-35(42-45(10,11)37(4,5)6)33(34)23-18-25-40-29-39-7/h12-17,19-24,34-35H,18,25-29H2,1-11H3/t34-,35-/m1/s1. The molecule has 8 heteroatoms. The molecule has 0 aliphatic heterocycles. The fourth-order valence-corrected chi connectivity index (χ4v) is 10.2. The number of ether oxygens (including phenoxy) is 2. The fraction of sp³-hybridized carbons (Fsp3) is 0.568. The first kappa shape index (κ1) is 37.9. The van der Waals surface area contributed by atoms with E-state index in [-0.39, 0.29) is 29.1 Å². The quantitative estimate of drug-likeness (QED) is 0.0699. The molecule has 1 aliphatic carbocycles. The molecule has 2 aromatic carbocycles. The summed E-state index contributed by atoms with van der Waals surface area (Å²) in [6, 6.07) is 19.9. The molecule has 0 unspecified atom stereocenters. The van der Waals surface area contributed by atoms with Crippen LogP contribution < -0.4 is 10.6 Å². The molecule has 0 bridgehead atoms. The molecule has 3 rings (SSSR count). The number of hydrogen-bond acceptors (Lipinski definition) is 5. The van der Waals surface area contributed by atoms with Crippen molar-refractivity contribution < 1.29 is 22.9 Å². The Hall–Kier alpha value is -1.58. The van der Waals surface area contributed by atoms with Gasteiger partial charge in [0, 0.05) is 23.9 Å². The van der Waals surface area contributed by atoms with E-state index in [1.165, 1.54) is 11.1 Å². The van der Waals surface area contributed by atoms with Gasteiger partial charge in [-0.1, -0.05) is 120 Å². The number of methoxy groups -OCH3 is 1. The molecule has 2 atom stereocenters. The van der Waals surface area contributed by atoms with Gasteiger partial charge in [-0.25, -0.2) is 0 Å². The van der Waals surface area contributed by atoms with Crippen LogP contribution in [0.1, 0.15) is 60.8 Å². The van der Waals surface area contributed by atoms with E-state index in [9.17, 15) is 4.57 Å². The highest BCUT2D eigenvalue weighted by Crippen LogP contribution is 2.47. The first-order valence-electron chi connectivity index (χ1n) is 16.4. The summed E-state index contributed by atoms with van der Waals surface area (Å²) in [7, 11) is -5.51. The minimum absolute atomic E-state index is 0.0626. The molecule has 0 heterocycles. The molecule has 1 aliphatic rings. The van der Waals surface area contributed by atoms with E-state index in [4.69, 9.17) is 18.3 Å². The van der Waals surface area contributed by atoms with Gasteiger partial charge in [0.15, 0.2) is 16.6 Å². The molecule has 0 aromatic heterocycles. The molecule has 0 amide bonds. The highest BCUT2D eigenvalue weighted by molar-refractivity contribution is 7.78. The van der Waals surface area contributed by atoms with E-state index in [1.54, 1.807) is 7.11 Å². The summed E-state index contributed by atoms with van der Waals surface area (Å²) < 4.78 is 40.1. The third-order valence-corrected chi connectivity index (χ3v) is 21.9. The number of hydrogen-bond donors (Lipinski definition) is 0. The zero-order chi connectivity index (χ0) is 33.5. The smallest absolute Gasteiger partial charge is 0.192 e. The van der Waals surface area contributed by atoms with Crippen LogP contribution in [0.5, 0.6) is 0 Å². The van der Waals surface area contributed by atoms with Gasteiger partial charge >= 0.3 is 0 Å². The minimum Gasteiger partial charge on any atom is -0.410 e. The normalized spacial score (nSPS) is 18.6. The van der Waals surface area contributed by atoms with Crippen molar-refractivity contribution in [3.8, 4) is 0 Å². The molecule has 2 aromatic rings. The highest BCUT2D eigenvalue weighted by Gasteiger charge is 2.45. The SMILES string of the molecule is COCOCCC=C1[C@H](O[Si](C)(C)C(C)(C)C)CC(=CCP(=O)(c2ccccc2)c2ccccc2)C[C@H]1O[Si](C)(C)C(C)(C)C. The van der Waals surface area contributed by atoms with Gasteiger partial charge in [0.25, 0.3) is 0 Å². The molecule has 0 radical (unpaired) electrons. The lowest BCUT2D eigenvalue weighted by molar-refractivity contribution is -0.0287. The van der Waals surface area contributed by atoms with E-state index >= 15 is 0 Å². The van der Waals surface area contributed by atoms with Crippen molar-refractivity contribution in [3.05, 3.63) is 84.0 Å². The summed E-state index contributed by atoms with van der Waals surface area (Å²) in [4.78, 5) is 0. The largest absolute Gasteiger partial charge is 0.410 e. The van der Waals surface area contributed by atoms with Crippen LogP contribution in [0.15, 0.2) is 84.0 Å². The summed E-state index contributed by atoms with van der Waals surface area (Å²) in [5, 5.41) is 1.91. The van der Waals surface area contributed by atoms with Gasteiger partial charge < -0.3 is 22.9 Å². The third kappa shape index (κ3) is 9.96. The van der Waals surface area contributed by atoms with Crippen LogP contribution in [0, 0.1) is 0 Å². The number of allylic oxidation sites excluding steroid dienone is 1. The van der Waals surface area contributed by atoms with Gasteiger partial charge in [0.1, 0.15) is 13.9 Å². The third-order valence-electron chi connectivity index (χ3n) is 9.95. The Bertz CT molecular complexity index is 1240. The summed E-state index contributed by atoms with van der Waals surface area (Å²) in [5.41, 5.74) is 2.50. The second-order valence-corrected chi connectivity index (χ2v) is 27.8. The molecular weight excluding hydrogens is 612 g/mol. The van der Waals surface area contributed by atoms with Gasteiger partial charge in [-0.15, -0.1) is 0 Å². The molecule has 0 saturated heterocycles. The van der Waals surface area contributed by atoms with Crippen molar-refractivity contribution in [3.63, 3.8) is 0 Å². The summed E-state index contributed by atoms with van der Waals surface area (Å²) in [6.45, 7) is 23.9. The average molecular weight is 671 g/mol. The van der Waals surface area contributed by atoms with Crippen LogP contribution in [-0.4, -0.2) is 55.5 Å². The van der Waals surface area contributed by atoms with Crippen LogP contribution in [-0.2, 0) is 22.9 Å². The maximum atomic E-state index is 14.9. The summed E-state index contributed by atoms with van der Waals surface area (Å²) >= 11 is 0. The van der Waals surface area contributed by atoms with Crippen LogP contribution in [0.2, 0.25) is 36.3 Å². The molecular formula is C37H59O5PSi2. The molecule has 0 N–H and O–H groups in total. The van der Waals surface area contributed by atoms with Crippen molar-refractivity contribution in [2.45, 2.75) is 109 Å². The maximum absolute atomic E-state index is 14.9. The Morgan fingerprint density at radius 1 is 0.756 bits per heavy atom. The van der Waals surface area contributed by atoms with Gasteiger partial charge in [-0.05, 0) is 61.1 Å². The minimum atomic E-state index is -2.89. The topological polar surface area (TPSA) is 54.0 Å². The molecule has 1 saturated carbocycles. The predicted molar refractivity (Wildman–Crippen MR) is 197 cm³/mol. The monoisotopic (exact) mass is 670 g/mol. The van der Waals surface area contributed by atoms with Crippen molar-refractivity contribution in [2.75, 3.05) is 26.7 Å². The molecule has 1 fully saturated rings. The van der Waals surface area contributed by atoms with E-state index in [1.807, 2.05) is 60.7 Å². The van der Waals surface area contributed by atoms with E-state index in [0.717, 1.165) is 29.9 Å². The zero-order valence-electron chi connectivity index (χ0n) is 29.8. The van der Waals surface area contributed by atoms with Crippen LogP contribution in [0.3, 0.4) is 0 Å². The molecule has 250 valence electrons. The van der Waals surface area contributed by atoms with Crippen molar-refractivity contribution >= 4 is 34.4 Å². The van der Waals surface area contributed by atoms with E-state index < -0.39 is 23.8 Å². The van der Waals surface area contributed by atoms with Crippen LogP contribution >= 0.6 is 7.14 Å². The van der Waals surface area contributed by atoms with Gasteiger partial charge in [0.2, 0.25) is 0 Å². The second-order valence-electron chi connectivity index (χ2n) is 15.4. The Morgan fingerprint density at radius 2 is 1.20 bits per heavy atom. The average Bonchev–Trinajstić information content (AvgIpc) is 2.96. The molecule has 0 spiro atoms. The van der Waals surface area contributed by atoms with Crippen molar-refractivity contribution in [2.24, 2.45) is 0 Å². The van der Waals surface area contributed by atoms with Gasteiger partial charge in [-0.2, -0.15) is 0 Å². The van der Waals surface area contributed by atoms with Crippen molar-refractivity contribution in [1.82, 2.24) is 0 Å². The Balaban J connectivity index is 2.08. The lowest BCUT2D eigenvalue weighted by Gasteiger charge is -2.46. The number of rotatable bonds is 13. The predicted octanol–water partition coefficient (Wildman–Crippen LogP) is 9.44. The van der Waals surface area contributed by atoms with Crippen LogP contribution in [0.4, 0.5) is 0 Å². The number of benzene rings is 2. The maximum Gasteiger partial charge on any atom is 0.192 e. The lowest BCUT2D eigenvalue weighted by atomic mass is 9.85. The Kier molecular flexibility index (Phi) is 13.1. The Labute approximate surface area is 276 Å². The first-order valence-corrected chi connectivity index (χ1v) is 24.1. The summed E-state index contributed by atoms with van der Waals surface area (Å²) in [5.74, 6) is 0. The summed E-state index contributed by atoms with van der Waals surface area (Å²) in [6.07, 6.45) is 7.15. The van der Waals surface area contributed by atoms with Gasteiger partial charge in [-0.3, -0.25) is 0 Å². The van der Waals surface area contributed by atoms with E-state index in [0.29, 0.717) is 12.8 Å². The molecule has 5 nitrogen and oxygen atoms in total. The van der Waals surface area contributed by atoms with Crippen molar-refractivity contribution in [1.29, 1.82) is 0 Å². The second kappa shape index (κ2) is 15.5. The lowest BCUT2D eigenvalue weighted by Crippen LogP contribution is -2.50. The fourth-order valence-electron chi connectivity index (χ4n) is 5.12. The molecule has 45 heavy (non-hydrogen) atoms. The highest BCUT2D eigenvalue weighted by atomic mass is 31.2.